The van der Waals surface area contributed by atoms with Crippen molar-refractivity contribution in [2.75, 3.05) is 6.61 Å². The first-order valence-electron chi connectivity index (χ1n) is 8.62. The molecule has 4 heterocycles. The molecule has 3 saturated heterocycles. The van der Waals surface area contributed by atoms with Gasteiger partial charge in [0, 0.05) is 25.5 Å². The van der Waals surface area contributed by atoms with E-state index in [1.165, 1.54) is 13.1 Å². The molecule has 138 valence electrons. The lowest BCUT2D eigenvalue weighted by molar-refractivity contribution is -0.384. The van der Waals surface area contributed by atoms with Crippen LogP contribution in [-0.4, -0.2) is 51.9 Å². The molecule has 6 atom stereocenters. The third-order valence-electron chi connectivity index (χ3n) is 6.61. The van der Waals surface area contributed by atoms with Crippen LogP contribution in [0.15, 0.2) is 24.4 Å². The number of pyridine rings is 1. The fourth-order valence-electron chi connectivity index (χ4n) is 5.50. The fourth-order valence-corrected chi connectivity index (χ4v) is 5.50. The van der Waals surface area contributed by atoms with Crippen molar-refractivity contribution in [1.82, 2.24) is 4.98 Å². The Bertz CT molecular complexity index is 815. The molecule has 0 radical (unpaired) electrons. The predicted octanol–water partition coefficient (Wildman–Crippen LogP) is 0.784. The second-order valence-electron chi connectivity index (χ2n) is 7.83. The second kappa shape index (κ2) is 4.62. The van der Waals surface area contributed by atoms with Crippen molar-refractivity contribution < 1.29 is 33.6 Å². The molecule has 6 unspecified atom stereocenters. The maximum Gasteiger partial charge on any atom is 0.356 e. The molecule has 1 aromatic rings. The number of esters is 2. The predicted molar refractivity (Wildman–Crippen MR) is 83.5 cm³/mol. The van der Waals surface area contributed by atoms with Crippen LogP contribution in [0, 0.1) is 11.3 Å². The van der Waals surface area contributed by atoms with Gasteiger partial charge in [0.05, 0.1) is 5.41 Å². The standard InChI is InChI=1S/C18H19NO7/c1-10(20)24-17-8-15(2)18(22)7-12(17)16(18,14(25-15)26-17)9-23-13(21)11-5-3-4-6-19-11/h3-6,12,14,22H,7-9H2,1-2H3. The summed E-state index contributed by atoms with van der Waals surface area (Å²) >= 11 is 0. The zero-order chi connectivity index (χ0) is 18.4. The minimum atomic E-state index is -1.19. The largest absolute Gasteiger partial charge is 0.460 e. The first kappa shape index (κ1) is 16.2. The summed E-state index contributed by atoms with van der Waals surface area (Å²) in [5.41, 5.74) is -2.87. The van der Waals surface area contributed by atoms with Crippen molar-refractivity contribution in [2.24, 2.45) is 11.3 Å². The van der Waals surface area contributed by atoms with Crippen molar-refractivity contribution in [3.8, 4) is 0 Å². The molecule has 0 amide bonds. The summed E-state index contributed by atoms with van der Waals surface area (Å²) in [6.45, 7) is 3.03. The van der Waals surface area contributed by atoms with E-state index in [1.54, 1.807) is 25.1 Å². The van der Waals surface area contributed by atoms with Crippen molar-refractivity contribution >= 4 is 11.9 Å². The Kier molecular flexibility index (Phi) is 2.87. The zero-order valence-corrected chi connectivity index (χ0v) is 14.4. The van der Waals surface area contributed by atoms with Crippen LogP contribution in [0.5, 0.6) is 0 Å². The molecule has 1 N–H and O–H groups in total. The van der Waals surface area contributed by atoms with Gasteiger partial charge in [-0.25, -0.2) is 9.78 Å². The van der Waals surface area contributed by atoms with Crippen LogP contribution in [0.25, 0.3) is 0 Å². The number of ether oxygens (including phenoxy) is 4. The normalized spacial score (nSPS) is 46.7. The van der Waals surface area contributed by atoms with Crippen molar-refractivity contribution in [3.63, 3.8) is 0 Å². The van der Waals surface area contributed by atoms with E-state index in [-0.39, 0.29) is 24.6 Å². The number of rotatable bonds is 4. The molecule has 6 bridgehead atoms. The van der Waals surface area contributed by atoms with Gasteiger partial charge in [-0.3, -0.25) is 4.79 Å². The van der Waals surface area contributed by atoms with E-state index in [0.717, 1.165) is 0 Å². The zero-order valence-electron chi connectivity index (χ0n) is 14.4. The first-order chi connectivity index (χ1) is 12.3. The molecular weight excluding hydrogens is 342 g/mol. The van der Waals surface area contributed by atoms with Crippen molar-refractivity contribution in [1.29, 1.82) is 0 Å². The lowest BCUT2D eigenvalue weighted by Gasteiger charge is -2.65. The molecule has 3 aliphatic carbocycles. The lowest BCUT2D eigenvalue weighted by Crippen LogP contribution is -2.79. The van der Waals surface area contributed by atoms with E-state index < -0.39 is 40.6 Å². The maximum atomic E-state index is 12.3. The van der Waals surface area contributed by atoms with Crippen LogP contribution in [0.3, 0.4) is 0 Å². The van der Waals surface area contributed by atoms with Crippen molar-refractivity contribution in [2.45, 2.75) is 50.0 Å². The average Bonchev–Trinajstić information content (AvgIpc) is 2.78. The van der Waals surface area contributed by atoms with Crippen LogP contribution in [-0.2, 0) is 23.7 Å². The number of carbonyl (C=O) groups excluding carboxylic acids is 2. The average molecular weight is 361 g/mol. The van der Waals surface area contributed by atoms with Gasteiger partial charge in [0.25, 0.3) is 0 Å². The van der Waals surface area contributed by atoms with Gasteiger partial charge < -0.3 is 24.1 Å². The quantitative estimate of drug-likeness (QED) is 0.785. The van der Waals surface area contributed by atoms with Crippen molar-refractivity contribution in [3.05, 3.63) is 30.1 Å². The van der Waals surface area contributed by atoms with E-state index in [9.17, 15) is 14.7 Å². The van der Waals surface area contributed by atoms with E-state index in [2.05, 4.69) is 4.98 Å². The van der Waals surface area contributed by atoms with Gasteiger partial charge in [-0.15, -0.1) is 0 Å². The summed E-state index contributed by atoms with van der Waals surface area (Å²) in [4.78, 5) is 27.9. The Morgan fingerprint density at radius 3 is 2.88 bits per heavy atom. The van der Waals surface area contributed by atoms with Crippen LogP contribution < -0.4 is 0 Å². The number of nitrogens with zero attached hydrogens (tertiary/aromatic N) is 1. The molecule has 0 aromatic carbocycles. The van der Waals surface area contributed by atoms with Gasteiger partial charge in [0.2, 0.25) is 5.79 Å². The van der Waals surface area contributed by atoms with Gasteiger partial charge in [-0.1, -0.05) is 6.07 Å². The smallest absolute Gasteiger partial charge is 0.356 e. The number of hydrogen-bond donors (Lipinski definition) is 1. The molecule has 8 nitrogen and oxygen atoms in total. The first-order valence-corrected chi connectivity index (χ1v) is 8.62. The minimum Gasteiger partial charge on any atom is -0.460 e. The summed E-state index contributed by atoms with van der Waals surface area (Å²) in [5, 5.41) is 11.3. The van der Waals surface area contributed by atoms with Gasteiger partial charge in [0.15, 0.2) is 6.29 Å². The maximum absolute atomic E-state index is 12.3. The molecule has 26 heavy (non-hydrogen) atoms. The SMILES string of the molecule is CC(=O)OC12CC3(C)OC(O1)C1(COC(=O)c4ccccn4)C2CC31O. The summed E-state index contributed by atoms with van der Waals surface area (Å²) in [6.07, 6.45) is 1.34. The highest BCUT2D eigenvalue weighted by atomic mass is 16.8. The second-order valence-corrected chi connectivity index (χ2v) is 7.83. The molecule has 0 spiro atoms. The Labute approximate surface area is 149 Å². The van der Waals surface area contributed by atoms with Gasteiger partial charge in [-0.2, -0.15) is 0 Å². The number of carbonyl (C=O) groups is 2. The molecule has 6 fully saturated rings. The summed E-state index contributed by atoms with van der Waals surface area (Å²) in [7, 11) is 0. The molecule has 7 rings (SSSR count). The Balaban J connectivity index is 1.45. The van der Waals surface area contributed by atoms with Gasteiger partial charge in [0.1, 0.15) is 23.5 Å². The highest BCUT2D eigenvalue weighted by Crippen LogP contribution is 2.81. The highest BCUT2D eigenvalue weighted by molar-refractivity contribution is 5.87. The Hall–Kier alpha value is -2.03. The van der Waals surface area contributed by atoms with E-state index in [4.69, 9.17) is 18.9 Å². The molecule has 3 saturated carbocycles. The van der Waals surface area contributed by atoms with Crippen LogP contribution in [0.1, 0.15) is 37.2 Å². The highest BCUT2D eigenvalue weighted by Gasteiger charge is 2.94. The van der Waals surface area contributed by atoms with Crippen LogP contribution in [0.4, 0.5) is 0 Å². The third kappa shape index (κ3) is 1.59. The number of hydrogen-bond acceptors (Lipinski definition) is 8. The monoisotopic (exact) mass is 361 g/mol. The lowest BCUT2D eigenvalue weighted by atomic mass is 9.41. The fraction of sp³-hybridized carbons (Fsp3) is 0.611. The summed E-state index contributed by atoms with van der Waals surface area (Å²) in [6, 6.07) is 4.96. The van der Waals surface area contributed by atoms with E-state index >= 15 is 0 Å². The number of aromatic nitrogens is 1. The molecular formula is C18H19NO7. The van der Waals surface area contributed by atoms with E-state index in [0.29, 0.717) is 6.42 Å². The third-order valence-corrected chi connectivity index (χ3v) is 6.61. The topological polar surface area (TPSA) is 104 Å². The molecule has 1 aromatic heterocycles. The van der Waals surface area contributed by atoms with Gasteiger partial charge in [-0.05, 0) is 25.5 Å². The van der Waals surface area contributed by atoms with Crippen LogP contribution in [0.2, 0.25) is 0 Å². The van der Waals surface area contributed by atoms with Gasteiger partial charge >= 0.3 is 11.9 Å². The molecule has 3 aliphatic heterocycles. The molecule has 6 aliphatic rings. The van der Waals surface area contributed by atoms with Crippen LogP contribution >= 0.6 is 0 Å². The Morgan fingerprint density at radius 2 is 2.19 bits per heavy atom. The molecule has 8 heteroatoms. The minimum absolute atomic E-state index is 0.0904. The summed E-state index contributed by atoms with van der Waals surface area (Å²) in [5.74, 6) is -2.46. The summed E-state index contributed by atoms with van der Waals surface area (Å²) < 4.78 is 22.9. The number of aliphatic hydroxyl groups is 1. The van der Waals surface area contributed by atoms with E-state index in [1.807, 2.05) is 0 Å². The Morgan fingerprint density at radius 1 is 1.38 bits per heavy atom.